The van der Waals surface area contributed by atoms with Crippen LogP contribution >= 0.6 is 0 Å². The molecule has 1 heterocycles. The summed E-state index contributed by atoms with van der Waals surface area (Å²) in [6, 6.07) is 8.01. The van der Waals surface area contributed by atoms with Crippen LogP contribution in [0.15, 0.2) is 30.6 Å². The molecular formula is C14H13F2N5O2. The molecule has 2 aromatic rings. The Morgan fingerprint density at radius 1 is 1.39 bits per heavy atom. The third-order valence-corrected chi connectivity index (χ3v) is 2.91. The van der Waals surface area contributed by atoms with Gasteiger partial charge in [-0.25, -0.2) is 0 Å². The summed E-state index contributed by atoms with van der Waals surface area (Å²) in [5, 5.41) is 18.5. The van der Waals surface area contributed by atoms with Gasteiger partial charge >= 0.3 is 6.61 Å². The number of hydrogen-bond acceptors (Lipinski definition) is 5. The van der Waals surface area contributed by atoms with Crippen LogP contribution in [-0.2, 0) is 17.8 Å². The van der Waals surface area contributed by atoms with E-state index in [1.165, 1.54) is 23.0 Å². The molecule has 0 unspecified atom stereocenters. The molecule has 0 atom stereocenters. The van der Waals surface area contributed by atoms with Crippen molar-refractivity contribution in [3.63, 3.8) is 0 Å². The van der Waals surface area contributed by atoms with Crippen LogP contribution < -0.4 is 10.1 Å². The molecule has 23 heavy (non-hydrogen) atoms. The Morgan fingerprint density at radius 3 is 2.78 bits per heavy atom. The molecule has 1 aromatic heterocycles. The van der Waals surface area contributed by atoms with Crippen LogP contribution in [0.25, 0.3) is 0 Å². The van der Waals surface area contributed by atoms with Gasteiger partial charge in [-0.1, -0.05) is 12.1 Å². The summed E-state index contributed by atoms with van der Waals surface area (Å²) in [7, 11) is 0. The van der Waals surface area contributed by atoms with E-state index in [9.17, 15) is 13.6 Å². The number of ether oxygens (including phenoxy) is 1. The van der Waals surface area contributed by atoms with Crippen molar-refractivity contribution in [3.8, 4) is 11.8 Å². The van der Waals surface area contributed by atoms with E-state index in [1.54, 1.807) is 12.1 Å². The van der Waals surface area contributed by atoms with Gasteiger partial charge in [-0.2, -0.15) is 14.0 Å². The molecule has 0 aliphatic rings. The fourth-order valence-electron chi connectivity index (χ4n) is 1.85. The molecule has 0 bridgehead atoms. The van der Waals surface area contributed by atoms with Crippen LogP contribution in [0.3, 0.4) is 0 Å². The van der Waals surface area contributed by atoms with E-state index in [0.29, 0.717) is 13.0 Å². The Morgan fingerprint density at radius 2 is 2.13 bits per heavy atom. The normalized spacial score (nSPS) is 10.3. The molecule has 1 N–H and O–H groups in total. The maximum Gasteiger partial charge on any atom is 0.387 e. The minimum Gasteiger partial charge on any atom is -0.435 e. The SMILES string of the molecule is N#Cc1nncn1CC(=O)NCCc1ccc(OC(F)F)cc1. The Balaban J connectivity index is 1.76. The topological polar surface area (TPSA) is 92.8 Å². The van der Waals surface area contributed by atoms with Crippen molar-refractivity contribution in [1.29, 1.82) is 5.26 Å². The standard InChI is InChI=1S/C14H13F2N5O2/c15-14(16)23-11-3-1-10(2-4-11)5-6-18-13(22)8-21-9-19-20-12(21)7-17/h1-4,9,14H,5-6,8H2,(H,18,22). The number of carbonyl (C=O) groups is 1. The van der Waals surface area contributed by atoms with Crippen LogP contribution in [-0.4, -0.2) is 33.8 Å². The van der Waals surface area contributed by atoms with Gasteiger partial charge in [0.2, 0.25) is 11.7 Å². The molecule has 0 spiro atoms. The number of nitrogens with zero attached hydrogens (tertiary/aromatic N) is 4. The molecule has 1 aromatic carbocycles. The van der Waals surface area contributed by atoms with Crippen molar-refractivity contribution in [2.24, 2.45) is 0 Å². The number of alkyl halides is 2. The van der Waals surface area contributed by atoms with Gasteiger partial charge in [0.1, 0.15) is 24.7 Å². The summed E-state index contributed by atoms with van der Waals surface area (Å²) >= 11 is 0. The third kappa shape index (κ3) is 5.03. The van der Waals surface area contributed by atoms with E-state index < -0.39 is 6.61 Å². The average Bonchev–Trinajstić information content (AvgIpc) is 2.95. The van der Waals surface area contributed by atoms with E-state index in [-0.39, 0.29) is 24.0 Å². The molecule has 0 radical (unpaired) electrons. The molecule has 0 fully saturated rings. The molecule has 0 aliphatic carbocycles. The van der Waals surface area contributed by atoms with Crippen LogP contribution in [0, 0.1) is 11.3 Å². The maximum absolute atomic E-state index is 12.0. The fraction of sp³-hybridized carbons (Fsp3) is 0.286. The summed E-state index contributed by atoms with van der Waals surface area (Å²) < 4.78 is 29.6. The van der Waals surface area contributed by atoms with E-state index in [1.807, 2.05) is 6.07 Å². The Bertz CT molecular complexity index is 694. The highest BCUT2D eigenvalue weighted by atomic mass is 19.3. The molecule has 1 amide bonds. The second-order valence-corrected chi connectivity index (χ2v) is 4.52. The van der Waals surface area contributed by atoms with Gasteiger partial charge in [0, 0.05) is 6.54 Å². The van der Waals surface area contributed by atoms with Gasteiger partial charge in [-0.05, 0) is 24.1 Å². The zero-order chi connectivity index (χ0) is 16.7. The van der Waals surface area contributed by atoms with E-state index in [2.05, 4.69) is 20.3 Å². The van der Waals surface area contributed by atoms with Crippen LogP contribution in [0.1, 0.15) is 11.4 Å². The van der Waals surface area contributed by atoms with Gasteiger partial charge in [0.05, 0.1) is 0 Å². The van der Waals surface area contributed by atoms with Crippen LogP contribution in [0.2, 0.25) is 0 Å². The predicted octanol–water partition coefficient (Wildman–Crippen LogP) is 1.11. The quantitative estimate of drug-likeness (QED) is 0.824. The number of amides is 1. The Kier molecular flexibility index (Phi) is 5.57. The molecule has 9 heteroatoms. The fourth-order valence-corrected chi connectivity index (χ4v) is 1.85. The number of halogens is 2. The smallest absolute Gasteiger partial charge is 0.387 e. The molecule has 7 nitrogen and oxygen atoms in total. The maximum atomic E-state index is 12.0. The number of aromatic nitrogens is 3. The van der Waals surface area contributed by atoms with Crippen molar-refractivity contribution in [3.05, 3.63) is 42.0 Å². The molecular weight excluding hydrogens is 308 g/mol. The highest BCUT2D eigenvalue weighted by Gasteiger charge is 2.08. The Labute approximate surface area is 130 Å². The highest BCUT2D eigenvalue weighted by molar-refractivity contribution is 5.75. The molecule has 0 saturated carbocycles. The van der Waals surface area contributed by atoms with E-state index >= 15 is 0 Å². The van der Waals surface area contributed by atoms with Crippen LogP contribution in [0.4, 0.5) is 8.78 Å². The largest absolute Gasteiger partial charge is 0.435 e. The number of nitriles is 1. The van der Waals surface area contributed by atoms with Gasteiger partial charge in [0.25, 0.3) is 0 Å². The minimum absolute atomic E-state index is 0.0446. The molecule has 2 rings (SSSR count). The average molecular weight is 321 g/mol. The lowest BCUT2D eigenvalue weighted by Gasteiger charge is -2.07. The first-order valence-electron chi connectivity index (χ1n) is 6.67. The van der Waals surface area contributed by atoms with E-state index in [4.69, 9.17) is 5.26 Å². The van der Waals surface area contributed by atoms with Crippen molar-refractivity contribution in [2.75, 3.05) is 6.54 Å². The summed E-state index contributed by atoms with van der Waals surface area (Å²) in [6.45, 7) is -2.52. The lowest BCUT2D eigenvalue weighted by atomic mass is 10.1. The number of nitrogens with one attached hydrogen (secondary N) is 1. The monoisotopic (exact) mass is 321 g/mol. The second-order valence-electron chi connectivity index (χ2n) is 4.52. The number of rotatable bonds is 7. The third-order valence-electron chi connectivity index (χ3n) is 2.91. The first-order chi connectivity index (χ1) is 11.1. The molecule has 0 saturated heterocycles. The van der Waals surface area contributed by atoms with Crippen LogP contribution in [0.5, 0.6) is 5.75 Å². The van der Waals surface area contributed by atoms with Gasteiger partial charge in [-0.3, -0.25) is 9.36 Å². The van der Waals surface area contributed by atoms with Crippen molar-refractivity contribution in [2.45, 2.75) is 19.6 Å². The minimum atomic E-state index is -2.85. The first kappa shape index (κ1) is 16.4. The van der Waals surface area contributed by atoms with E-state index in [0.717, 1.165) is 5.56 Å². The molecule has 0 aliphatic heterocycles. The van der Waals surface area contributed by atoms with Crippen molar-refractivity contribution >= 4 is 5.91 Å². The number of carbonyl (C=O) groups excluding carboxylic acids is 1. The second kappa shape index (κ2) is 7.84. The molecule has 120 valence electrons. The van der Waals surface area contributed by atoms with Crippen molar-refractivity contribution in [1.82, 2.24) is 20.1 Å². The van der Waals surface area contributed by atoms with Crippen molar-refractivity contribution < 1.29 is 18.3 Å². The first-order valence-corrected chi connectivity index (χ1v) is 6.67. The summed E-state index contributed by atoms with van der Waals surface area (Å²) in [4.78, 5) is 11.7. The summed E-state index contributed by atoms with van der Waals surface area (Å²) in [5.74, 6) is -0.127. The zero-order valence-electron chi connectivity index (χ0n) is 11.9. The zero-order valence-corrected chi connectivity index (χ0v) is 11.9. The number of benzene rings is 1. The predicted molar refractivity (Wildman–Crippen MR) is 74.5 cm³/mol. The Hall–Kier alpha value is -3.02. The van der Waals surface area contributed by atoms with Gasteiger partial charge in [-0.15, -0.1) is 10.2 Å². The van der Waals surface area contributed by atoms with Gasteiger partial charge < -0.3 is 10.1 Å². The lowest BCUT2D eigenvalue weighted by molar-refractivity contribution is -0.121. The highest BCUT2D eigenvalue weighted by Crippen LogP contribution is 2.14. The summed E-state index contributed by atoms with van der Waals surface area (Å²) in [5.41, 5.74) is 0.869. The summed E-state index contributed by atoms with van der Waals surface area (Å²) in [6.07, 6.45) is 1.84. The van der Waals surface area contributed by atoms with Gasteiger partial charge in [0.15, 0.2) is 0 Å². The number of hydrogen-bond donors (Lipinski definition) is 1. The lowest BCUT2D eigenvalue weighted by Crippen LogP contribution is -2.29.